The standard InChI is InChI=1S/C8H17NO2/c1-11-7-6-9-4-2-8(10)3-5-9/h8,10H,2-7H2,1H3. The number of ether oxygens (including phenoxy) is 1. The van der Waals surface area contributed by atoms with Gasteiger partial charge < -0.3 is 14.7 Å². The fourth-order valence-corrected chi connectivity index (χ4v) is 1.36. The van der Waals surface area contributed by atoms with Crippen molar-refractivity contribution in [2.45, 2.75) is 18.9 Å². The van der Waals surface area contributed by atoms with Gasteiger partial charge in [0.15, 0.2) is 0 Å². The van der Waals surface area contributed by atoms with Gasteiger partial charge in [-0.15, -0.1) is 0 Å². The molecule has 66 valence electrons. The molecule has 1 heterocycles. The molecule has 1 aliphatic rings. The summed E-state index contributed by atoms with van der Waals surface area (Å²) in [6, 6.07) is 0. The summed E-state index contributed by atoms with van der Waals surface area (Å²) < 4.78 is 4.97. The van der Waals surface area contributed by atoms with Gasteiger partial charge in [0.2, 0.25) is 0 Å². The van der Waals surface area contributed by atoms with Crippen LogP contribution in [0.5, 0.6) is 0 Å². The topological polar surface area (TPSA) is 32.7 Å². The number of aliphatic hydroxyl groups is 1. The van der Waals surface area contributed by atoms with Crippen molar-refractivity contribution in [2.75, 3.05) is 33.4 Å². The summed E-state index contributed by atoms with van der Waals surface area (Å²) in [4.78, 5) is 2.33. The highest BCUT2D eigenvalue weighted by Crippen LogP contribution is 2.08. The second kappa shape index (κ2) is 4.70. The third-order valence-corrected chi connectivity index (χ3v) is 2.17. The van der Waals surface area contributed by atoms with Crippen LogP contribution < -0.4 is 0 Å². The zero-order valence-corrected chi connectivity index (χ0v) is 7.12. The summed E-state index contributed by atoms with van der Waals surface area (Å²) in [6.45, 7) is 3.84. The molecular formula is C8H17NO2. The van der Waals surface area contributed by atoms with Gasteiger partial charge in [-0.3, -0.25) is 0 Å². The molecule has 0 aromatic rings. The summed E-state index contributed by atoms with van der Waals surface area (Å²) >= 11 is 0. The van der Waals surface area contributed by atoms with Gasteiger partial charge in [-0.2, -0.15) is 0 Å². The van der Waals surface area contributed by atoms with Gasteiger partial charge in [-0.1, -0.05) is 0 Å². The fraction of sp³-hybridized carbons (Fsp3) is 1.00. The van der Waals surface area contributed by atoms with E-state index in [0.29, 0.717) is 0 Å². The molecule has 0 radical (unpaired) electrons. The van der Waals surface area contributed by atoms with E-state index in [1.165, 1.54) is 0 Å². The number of nitrogens with zero attached hydrogens (tertiary/aromatic N) is 1. The SMILES string of the molecule is COCCN1CCC(O)CC1. The van der Waals surface area contributed by atoms with Crippen molar-refractivity contribution in [1.82, 2.24) is 4.90 Å². The first kappa shape index (κ1) is 8.97. The molecule has 0 unspecified atom stereocenters. The number of hydrogen-bond donors (Lipinski definition) is 1. The number of likely N-dealkylation sites (tertiary alicyclic amines) is 1. The predicted octanol–water partition coefficient (Wildman–Crippen LogP) is 0.0895. The number of hydrogen-bond acceptors (Lipinski definition) is 3. The molecule has 0 aliphatic carbocycles. The zero-order chi connectivity index (χ0) is 8.10. The van der Waals surface area contributed by atoms with Crippen LogP contribution in [0.1, 0.15) is 12.8 Å². The highest BCUT2D eigenvalue weighted by atomic mass is 16.5. The number of rotatable bonds is 3. The average molecular weight is 159 g/mol. The van der Waals surface area contributed by atoms with Crippen molar-refractivity contribution in [3.8, 4) is 0 Å². The molecule has 1 aliphatic heterocycles. The van der Waals surface area contributed by atoms with E-state index in [0.717, 1.165) is 39.1 Å². The van der Waals surface area contributed by atoms with E-state index >= 15 is 0 Å². The molecule has 1 N–H and O–H groups in total. The third kappa shape index (κ3) is 3.18. The monoisotopic (exact) mass is 159 g/mol. The van der Waals surface area contributed by atoms with Crippen molar-refractivity contribution in [2.24, 2.45) is 0 Å². The van der Waals surface area contributed by atoms with E-state index < -0.39 is 0 Å². The summed E-state index contributed by atoms with van der Waals surface area (Å²) in [5, 5.41) is 9.19. The van der Waals surface area contributed by atoms with Gasteiger partial charge >= 0.3 is 0 Å². The third-order valence-electron chi connectivity index (χ3n) is 2.17. The molecule has 1 rings (SSSR count). The largest absolute Gasteiger partial charge is 0.393 e. The smallest absolute Gasteiger partial charge is 0.0589 e. The molecule has 0 saturated carbocycles. The lowest BCUT2D eigenvalue weighted by Crippen LogP contribution is -2.37. The molecule has 0 aromatic heterocycles. The van der Waals surface area contributed by atoms with Crippen molar-refractivity contribution < 1.29 is 9.84 Å². The van der Waals surface area contributed by atoms with Crippen molar-refractivity contribution in [3.63, 3.8) is 0 Å². The Bertz CT molecular complexity index is 97.5. The van der Waals surface area contributed by atoms with Crippen LogP contribution in [-0.2, 0) is 4.74 Å². The minimum Gasteiger partial charge on any atom is -0.393 e. The Morgan fingerprint density at radius 1 is 1.45 bits per heavy atom. The van der Waals surface area contributed by atoms with E-state index in [1.54, 1.807) is 7.11 Å². The van der Waals surface area contributed by atoms with Crippen molar-refractivity contribution in [3.05, 3.63) is 0 Å². The van der Waals surface area contributed by atoms with E-state index in [9.17, 15) is 5.11 Å². The Hall–Kier alpha value is -0.120. The molecule has 0 atom stereocenters. The second-order valence-corrected chi connectivity index (χ2v) is 3.07. The molecular weight excluding hydrogens is 142 g/mol. The van der Waals surface area contributed by atoms with Crippen LogP contribution in [0.2, 0.25) is 0 Å². The lowest BCUT2D eigenvalue weighted by Gasteiger charge is -2.28. The van der Waals surface area contributed by atoms with E-state index in [-0.39, 0.29) is 6.10 Å². The van der Waals surface area contributed by atoms with Gasteiger partial charge in [0.05, 0.1) is 12.7 Å². The second-order valence-electron chi connectivity index (χ2n) is 3.07. The first-order valence-corrected chi connectivity index (χ1v) is 4.22. The summed E-state index contributed by atoms with van der Waals surface area (Å²) in [6.07, 6.45) is 1.78. The normalized spacial score (nSPS) is 22.4. The van der Waals surface area contributed by atoms with E-state index in [4.69, 9.17) is 4.74 Å². The lowest BCUT2D eigenvalue weighted by atomic mass is 10.1. The molecule has 1 saturated heterocycles. The first-order chi connectivity index (χ1) is 5.33. The molecule has 0 spiro atoms. The minimum absolute atomic E-state index is 0.0613. The highest BCUT2D eigenvalue weighted by molar-refractivity contribution is 4.70. The van der Waals surface area contributed by atoms with Gasteiger partial charge in [0.25, 0.3) is 0 Å². The fourth-order valence-electron chi connectivity index (χ4n) is 1.36. The maximum Gasteiger partial charge on any atom is 0.0589 e. The van der Waals surface area contributed by atoms with Crippen LogP contribution in [0.15, 0.2) is 0 Å². The van der Waals surface area contributed by atoms with Crippen LogP contribution in [0, 0.1) is 0 Å². The molecule has 0 bridgehead atoms. The number of methoxy groups -OCH3 is 1. The summed E-state index contributed by atoms with van der Waals surface area (Å²) in [7, 11) is 1.72. The van der Waals surface area contributed by atoms with E-state index in [2.05, 4.69) is 4.90 Å². The van der Waals surface area contributed by atoms with Crippen LogP contribution >= 0.6 is 0 Å². The first-order valence-electron chi connectivity index (χ1n) is 4.22. The lowest BCUT2D eigenvalue weighted by molar-refractivity contribution is 0.0666. The quantitative estimate of drug-likeness (QED) is 0.633. The zero-order valence-electron chi connectivity index (χ0n) is 7.12. The van der Waals surface area contributed by atoms with Gasteiger partial charge in [0, 0.05) is 26.7 Å². The van der Waals surface area contributed by atoms with Crippen LogP contribution in [-0.4, -0.2) is 49.5 Å². The molecule has 3 nitrogen and oxygen atoms in total. The van der Waals surface area contributed by atoms with Crippen LogP contribution in [0.4, 0.5) is 0 Å². The maximum atomic E-state index is 9.19. The van der Waals surface area contributed by atoms with Gasteiger partial charge in [-0.05, 0) is 12.8 Å². The Morgan fingerprint density at radius 3 is 2.64 bits per heavy atom. The van der Waals surface area contributed by atoms with E-state index in [1.807, 2.05) is 0 Å². The van der Waals surface area contributed by atoms with Crippen LogP contribution in [0.25, 0.3) is 0 Å². The summed E-state index contributed by atoms with van der Waals surface area (Å²) in [5.74, 6) is 0. The number of aliphatic hydroxyl groups excluding tert-OH is 1. The number of piperidine rings is 1. The Labute approximate surface area is 68.0 Å². The molecule has 0 amide bonds. The molecule has 0 aromatic carbocycles. The minimum atomic E-state index is -0.0613. The van der Waals surface area contributed by atoms with Gasteiger partial charge in [0.1, 0.15) is 0 Å². The summed E-state index contributed by atoms with van der Waals surface area (Å²) in [5.41, 5.74) is 0. The van der Waals surface area contributed by atoms with Gasteiger partial charge in [-0.25, -0.2) is 0 Å². The van der Waals surface area contributed by atoms with Crippen LogP contribution in [0.3, 0.4) is 0 Å². The highest BCUT2D eigenvalue weighted by Gasteiger charge is 2.15. The van der Waals surface area contributed by atoms with Crippen molar-refractivity contribution >= 4 is 0 Å². The Morgan fingerprint density at radius 2 is 2.09 bits per heavy atom. The molecule has 11 heavy (non-hydrogen) atoms. The Balaban J connectivity index is 2.07. The van der Waals surface area contributed by atoms with Crippen molar-refractivity contribution in [1.29, 1.82) is 0 Å². The molecule has 1 fully saturated rings. The molecule has 3 heteroatoms. The Kier molecular flexibility index (Phi) is 3.83. The maximum absolute atomic E-state index is 9.19. The predicted molar refractivity (Wildman–Crippen MR) is 43.6 cm³/mol. The average Bonchev–Trinajstić information content (AvgIpc) is 2.04.